The smallest absolute Gasteiger partial charge is 0.117 e. The van der Waals surface area contributed by atoms with Gasteiger partial charge in [0.25, 0.3) is 0 Å². The Bertz CT molecular complexity index is 1220. The van der Waals surface area contributed by atoms with Gasteiger partial charge in [0.15, 0.2) is 0 Å². The summed E-state index contributed by atoms with van der Waals surface area (Å²) in [5.41, 5.74) is 1.24. The van der Waals surface area contributed by atoms with Gasteiger partial charge in [0, 0.05) is 48.2 Å². The Morgan fingerprint density at radius 3 is 2.12 bits per heavy atom. The Hall–Kier alpha value is -2.71. The molecule has 0 radical (unpaired) electrons. The van der Waals surface area contributed by atoms with Crippen LogP contribution in [0.15, 0.2) is 54.6 Å². The SMILES string of the molecule is CN1C=c2ccc3c4c(ccc(c24)=C1)=C(Cl)N(Cc1ccccc1)C=3. The van der Waals surface area contributed by atoms with Crippen LogP contribution in [0.1, 0.15) is 5.56 Å². The predicted octanol–water partition coefficient (Wildman–Crippen LogP) is 1.82. The molecular formula is C22H17ClN2. The van der Waals surface area contributed by atoms with Crippen molar-refractivity contribution >= 4 is 46.1 Å². The lowest BCUT2D eigenvalue weighted by molar-refractivity contribution is 0.577. The summed E-state index contributed by atoms with van der Waals surface area (Å²) in [4.78, 5) is 4.25. The van der Waals surface area contributed by atoms with Crippen LogP contribution in [0, 0.1) is 0 Å². The minimum absolute atomic E-state index is 0.769. The van der Waals surface area contributed by atoms with Gasteiger partial charge in [-0.15, -0.1) is 0 Å². The first kappa shape index (κ1) is 14.6. The Labute approximate surface area is 150 Å². The lowest BCUT2D eigenvalue weighted by Gasteiger charge is -2.24. The van der Waals surface area contributed by atoms with E-state index in [1.54, 1.807) is 0 Å². The lowest BCUT2D eigenvalue weighted by Crippen LogP contribution is -2.36. The first-order valence-electron chi connectivity index (χ1n) is 8.40. The van der Waals surface area contributed by atoms with Crippen LogP contribution >= 0.6 is 11.6 Å². The van der Waals surface area contributed by atoms with Crippen LogP contribution in [0.25, 0.3) is 34.5 Å². The Morgan fingerprint density at radius 2 is 1.40 bits per heavy atom. The summed E-state index contributed by atoms with van der Waals surface area (Å²) in [6, 6.07) is 19.1. The average Bonchev–Trinajstić information content (AvgIpc) is 2.63. The fourth-order valence-corrected chi connectivity index (χ4v) is 4.09. The highest BCUT2D eigenvalue weighted by molar-refractivity contribution is 6.45. The molecule has 0 amide bonds. The number of hydrogen-bond acceptors (Lipinski definition) is 2. The highest BCUT2D eigenvalue weighted by Crippen LogP contribution is 2.18. The molecule has 2 nitrogen and oxygen atoms in total. The molecule has 122 valence electrons. The van der Waals surface area contributed by atoms with Gasteiger partial charge in [-0.05, 0) is 21.2 Å². The van der Waals surface area contributed by atoms with Crippen molar-refractivity contribution in [2.45, 2.75) is 6.54 Å². The summed E-state index contributed by atoms with van der Waals surface area (Å²) >= 11 is 6.81. The van der Waals surface area contributed by atoms with Gasteiger partial charge in [0.1, 0.15) is 5.16 Å². The second kappa shape index (κ2) is 5.40. The van der Waals surface area contributed by atoms with Gasteiger partial charge in [-0.2, -0.15) is 0 Å². The molecule has 0 aromatic heterocycles. The molecule has 0 spiro atoms. The van der Waals surface area contributed by atoms with Crippen molar-refractivity contribution < 1.29 is 0 Å². The van der Waals surface area contributed by atoms with E-state index in [1.807, 2.05) is 6.07 Å². The van der Waals surface area contributed by atoms with Crippen molar-refractivity contribution in [2.24, 2.45) is 0 Å². The molecule has 2 heterocycles. The summed E-state index contributed by atoms with van der Waals surface area (Å²) in [6.07, 6.45) is 6.50. The lowest BCUT2D eigenvalue weighted by atomic mass is 9.99. The summed E-state index contributed by atoms with van der Waals surface area (Å²) in [7, 11) is 2.06. The van der Waals surface area contributed by atoms with Gasteiger partial charge in [-0.3, -0.25) is 0 Å². The zero-order valence-electron chi connectivity index (χ0n) is 13.9. The van der Waals surface area contributed by atoms with Crippen molar-refractivity contribution in [3.05, 3.63) is 81.0 Å². The molecule has 0 N–H and O–H groups in total. The van der Waals surface area contributed by atoms with Gasteiger partial charge in [0.2, 0.25) is 0 Å². The van der Waals surface area contributed by atoms with Crippen LogP contribution in [0.4, 0.5) is 0 Å². The molecule has 0 unspecified atom stereocenters. The molecule has 0 fully saturated rings. The molecule has 0 bridgehead atoms. The van der Waals surface area contributed by atoms with Crippen LogP contribution in [0.3, 0.4) is 0 Å². The van der Waals surface area contributed by atoms with Crippen LogP contribution in [-0.2, 0) is 6.54 Å². The van der Waals surface area contributed by atoms with E-state index in [1.165, 1.54) is 32.0 Å². The Morgan fingerprint density at radius 1 is 0.760 bits per heavy atom. The first-order chi connectivity index (χ1) is 12.2. The van der Waals surface area contributed by atoms with Crippen molar-refractivity contribution in [3.63, 3.8) is 0 Å². The minimum Gasteiger partial charge on any atom is -0.356 e. The third-order valence-corrected chi connectivity index (χ3v) is 5.33. The van der Waals surface area contributed by atoms with Crippen molar-refractivity contribution in [3.8, 4) is 0 Å². The molecule has 3 aromatic rings. The maximum Gasteiger partial charge on any atom is 0.117 e. The molecular weight excluding hydrogens is 328 g/mol. The number of benzene rings is 3. The van der Waals surface area contributed by atoms with Crippen molar-refractivity contribution in [1.82, 2.24) is 9.80 Å². The third kappa shape index (κ3) is 2.25. The number of rotatable bonds is 2. The third-order valence-electron chi connectivity index (χ3n) is 4.91. The second-order valence-electron chi connectivity index (χ2n) is 6.65. The highest BCUT2D eigenvalue weighted by atomic mass is 35.5. The summed E-state index contributed by atoms with van der Waals surface area (Å²) in [5.74, 6) is 0. The summed E-state index contributed by atoms with van der Waals surface area (Å²) in [6.45, 7) is 0.769. The molecule has 0 atom stereocenters. The summed E-state index contributed by atoms with van der Waals surface area (Å²) < 4.78 is 0. The Kier molecular flexibility index (Phi) is 3.16. The molecule has 2 aliphatic rings. The number of halogens is 1. The molecule has 0 aliphatic carbocycles. The van der Waals surface area contributed by atoms with E-state index in [-0.39, 0.29) is 0 Å². The first-order valence-corrected chi connectivity index (χ1v) is 8.78. The molecule has 0 saturated carbocycles. The number of hydrogen-bond donors (Lipinski definition) is 0. The fraction of sp³-hybridized carbons (Fsp3) is 0.0909. The molecule has 5 rings (SSSR count). The van der Waals surface area contributed by atoms with E-state index in [0.717, 1.165) is 16.9 Å². The van der Waals surface area contributed by atoms with Crippen LogP contribution in [-0.4, -0.2) is 16.8 Å². The van der Waals surface area contributed by atoms with E-state index >= 15 is 0 Å². The van der Waals surface area contributed by atoms with E-state index in [4.69, 9.17) is 11.6 Å². The largest absolute Gasteiger partial charge is 0.356 e. The van der Waals surface area contributed by atoms with Crippen molar-refractivity contribution in [1.29, 1.82) is 0 Å². The quantitative estimate of drug-likeness (QED) is 0.654. The van der Waals surface area contributed by atoms with Gasteiger partial charge >= 0.3 is 0 Å². The normalized spacial score (nSPS) is 14.9. The van der Waals surface area contributed by atoms with E-state index in [2.05, 4.69) is 84.0 Å². The maximum absolute atomic E-state index is 6.81. The van der Waals surface area contributed by atoms with Crippen LogP contribution < -0.4 is 20.9 Å². The van der Waals surface area contributed by atoms with Gasteiger partial charge in [-0.25, -0.2) is 0 Å². The van der Waals surface area contributed by atoms with E-state index < -0.39 is 0 Å². The summed E-state index contributed by atoms with van der Waals surface area (Å²) in [5, 5.41) is 8.17. The van der Waals surface area contributed by atoms with Gasteiger partial charge in [0.05, 0.1) is 0 Å². The molecule has 3 heteroatoms. The van der Waals surface area contributed by atoms with Crippen molar-refractivity contribution in [2.75, 3.05) is 7.05 Å². The zero-order chi connectivity index (χ0) is 17.0. The molecule has 2 aliphatic heterocycles. The average molecular weight is 345 g/mol. The second-order valence-corrected chi connectivity index (χ2v) is 7.01. The van der Waals surface area contributed by atoms with E-state index in [9.17, 15) is 0 Å². The Balaban J connectivity index is 1.79. The minimum atomic E-state index is 0.769. The zero-order valence-corrected chi connectivity index (χ0v) is 14.7. The van der Waals surface area contributed by atoms with Gasteiger partial charge in [-0.1, -0.05) is 66.2 Å². The maximum atomic E-state index is 6.81. The predicted molar refractivity (Wildman–Crippen MR) is 105 cm³/mol. The monoisotopic (exact) mass is 344 g/mol. The molecule has 0 saturated heterocycles. The highest BCUT2D eigenvalue weighted by Gasteiger charge is 2.15. The van der Waals surface area contributed by atoms with Crippen LogP contribution in [0.5, 0.6) is 0 Å². The van der Waals surface area contributed by atoms with E-state index in [0.29, 0.717) is 0 Å². The molecule has 3 aromatic carbocycles. The standard InChI is InChI=1S/C22H17ClN2/c1-24-12-16-7-8-18-14-25(11-15-5-3-2-4-6-15)22(23)19-10-9-17(13-24)20(16)21(18)19/h2-10,12-14H,11H2,1H3. The van der Waals surface area contributed by atoms with Gasteiger partial charge < -0.3 is 9.80 Å². The topological polar surface area (TPSA) is 6.48 Å². The molecule has 25 heavy (non-hydrogen) atoms. The van der Waals surface area contributed by atoms with Crippen LogP contribution in [0.2, 0.25) is 0 Å². The fourth-order valence-electron chi connectivity index (χ4n) is 3.82. The number of nitrogens with zero attached hydrogens (tertiary/aromatic N) is 2.